The summed E-state index contributed by atoms with van der Waals surface area (Å²) in [5, 5.41) is 0. The van der Waals surface area contributed by atoms with Gasteiger partial charge in [-0.1, -0.05) is 0 Å². The molecule has 1 aromatic rings. The lowest BCUT2D eigenvalue weighted by molar-refractivity contribution is -0.120. The molecule has 0 aliphatic heterocycles. The van der Waals surface area contributed by atoms with Gasteiger partial charge in [-0.15, -0.1) is 0 Å². The van der Waals surface area contributed by atoms with E-state index in [1.807, 2.05) is 0 Å². The second-order valence-corrected chi connectivity index (χ2v) is 3.28. The summed E-state index contributed by atoms with van der Waals surface area (Å²) in [6, 6.07) is 4.65. The Morgan fingerprint density at radius 1 is 1.17 bits per heavy atom. The molecule has 2 amide bonds. The first-order valence-electron chi connectivity index (χ1n) is 5.13. The van der Waals surface area contributed by atoms with E-state index in [-0.39, 0.29) is 6.54 Å². The van der Waals surface area contributed by atoms with Gasteiger partial charge in [-0.3, -0.25) is 20.4 Å². The molecule has 0 radical (unpaired) electrons. The molecule has 0 aromatic heterocycles. The van der Waals surface area contributed by atoms with Crippen LogP contribution in [0, 0.1) is 0 Å². The minimum Gasteiger partial charge on any atom is -0.493 e. The predicted octanol–water partition coefficient (Wildman–Crippen LogP) is -0.576. The van der Waals surface area contributed by atoms with Crippen molar-refractivity contribution in [1.82, 2.24) is 10.9 Å². The summed E-state index contributed by atoms with van der Waals surface area (Å²) >= 11 is 0. The Labute approximate surface area is 104 Å². The summed E-state index contributed by atoms with van der Waals surface area (Å²) in [4.78, 5) is 22.5. The van der Waals surface area contributed by atoms with Gasteiger partial charge in [0.15, 0.2) is 11.5 Å². The van der Waals surface area contributed by atoms with Gasteiger partial charge < -0.3 is 15.2 Å². The number of nitrogens with one attached hydrogen (secondary N) is 2. The molecule has 1 aromatic carbocycles. The number of carbonyl (C=O) groups is 2. The second-order valence-electron chi connectivity index (χ2n) is 3.28. The minimum atomic E-state index is -0.483. The third-order valence-corrected chi connectivity index (χ3v) is 2.15. The molecule has 0 aliphatic rings. The Balaban J connectivity index is 2.77. The molecule has 0 bridgehead atoms. The number of methoxy groups -OCH3 is 2. The number of amides is 2. The molecule has 0 fully saturated rings. The standard InChI is InChI=1S/C11H15N3O4/c1-17-8-4-3-7(5-9(8)18-2)11(16)14-13-10(15)6-12/h3-5H,6,12H2,1-2H3,(H,13,15)(H,14,16). The lowest BCUT2D eigenvalue weighted by Gasteiger charge is -2.10. The van der Waals surface area contributed by atoms with Crippen LogP contribution in [0.25, 0.3) is 0 Å². The van der Waals surface area contributed by atoms with E-state index in [4.69, 9.17) is 15.2 Å². The first-order chi connectivity index (χ1) is 8.62. The van der Waals surface area contributed by atoms with Crippen LogP contribution in [0.2, 0.25) is 0 Å². The Hall–Kier alpha value is -2.28. The number of ether oxygens (including phenoxy) is 2. The average Bonchev–Trinajstić information content (AvgIpc) is 2.43. The molecule has 0 saturated heterocycles. The third-order valence-electron chi connectivity index (χ3n) is 2.15. The first-order valence-corrected chi connectivity index (χ1v) is 5.13. The molecule has 0 aliphatic carbocycles. The Bertz CT molecular complexity index is 448. The highest BCUT2D eigenvalue weighted by Gasteiger charge is 2.10. The molecular weight excluding hydrogens is 238 g/mol. The second kappa shape index (κ2) is 6.45. The maximum Gasteiger partial charge on any atom is 0.269 e. The quantitative estimate of drug-likeness (QED) is 0.623. The molecule has 4 N–H and O–H groups in total. The maximum absolute atomic E-state index is 11.7. The van der Waals surface area contributed by atoms with Crippen molar-refractivity contribution >= 4 is 11.8 Å². The van der Waals surface area contributed by atoms with E-state index in [2.05, 4.69) is 10.9 Å². The first kappa shape index (κ1) is 13.8. The van der Waals surface area contributed by atoms with Crippen LogP contribution in [-0.2, 0) is 4.79 Å². The fourth-order valence-corrected chi connectivity index (χ4v) is 1.23. The summed E-state index contributed by atoms with van der Waals surface area (Å²) in [5.74, 6) is -0.0167. The maximum atomic E-state index is 11.7. The monoisotopic (exact) mass is 253 g/mol. The van der Waals surface area contributed by atoms with Gasteiger partial charge in [0, 0.05) is 5.56 Å². The lowest BCUT2D eigenvalue weighted by atomic mass is 10.2. The van der Waals surface area contributed by atoms with Gasteiger partial charge in [0.05, 0.1) is 20.8 Å². The van der Waals surface area contributed by atoms with Crippen molar-refractivity contribution in [3.8, 4) is 11.5 Å². The number of carbonyl (C=O) groups excluding carboxylic acids is 2. The zero-order chi connectivity index (χ0) is 13.5. The lowest BCUT2D eigenvalue weighted by Crippen LogP contribution is -2.44. The molecule has 0 atom stereocenters. The van der Waals surface area contributed by atoms with E-state index in [9.17, 15) is 9.59 Å². The smallest absolute Gasteiger partial charge is 0.269 e. The topological polar surface area (TPSA) is 103 Å². The number of hydrogen-bond donors (Lipinski definition) is 3. The van der Waals surface area contributed by atoms with Crippen molar-refractivity contribution in [3.63, 3.8) is 0 Å². The molecule has 18 heavy (non-hydrogen) atoms. The summed E-state index contributed by atoms with van der Waals surface area (Å²) in [6.07, 6.45) is 0. The van der Waals surface area contributed by atoms with Gasteiger partial charge >= 0.3 is 0 Å². The summed E-state index contributed by atoms with van der Waals surface area (Å²) in [6.45, 7) is -0.202. The van der Waals surface area contributed by atoms with Crippen molar-refractivity contribution in [2.24, 2.45) is 5.73 Å². The van der Waals surface area contributed by atoms with Crippen LogP contribution in [0.15, 0.2) is 18.2 Å². The Morgan fingerprint density at radius 2 is 1.83 bits per heavy atom. The number of hydrogen-bond acceptors (Lipinski definition) is 5. The normalized spacial score (nSPS) is 9.50. The highest BCUT2D eigenvalue weighted by atomic mass is 16.5. The number of hydrazine groups is 1. The highest BCUT2D eigenvalue weighted by molar-refractivity contribution is 5.96. The van der Waals surface area contributed by atoms with E-state index in [0.717, 1.165) is 0 Å². The van der Waals surface area contributed by atoms with Crippen molar-refractivity contribution in [1.29, 1.82) is 0 Å². The number of nitrogens with two attached hydrogens (primary N) is 1. The molecule has 7 heteroatoms. The van der Waals surface area contributed by atoms with E-state index < -0.39 is 11.8 Å². The van der Waals surface area contributed by atoms with Crippen LogP contribution in [0.5, 0.6) is 11.5 Å². The third kappa shape index (κ3) is 3.36. The molecule has 0 saturated carbocycles. The number of rotatable bonds is 4. The van der Waals surface area contributed by atoms with Crippen LogP contribution in [0.4, 0.5) is 0 Å². The molecule has 0 spiro atoms. The van der Waals surface area contributed by atoms with Crippen LogP contribution in [-0.4, -0.2) is 32.6 Å². The molecule has 1 rings (SSSR count). The van der Waals surface area contributed by atoms with Crippen LogP contribution < -0.4 is 26.1 Å². The van der Waals surface area contributed by atoms with Crippen molar-refractivity contribution < 1.29 is 19.1 Å². The molecule has 98 valence electrons. The predicted molar refractivity (Wildman–Crippen MR) is 64.2 cm³/mol. The van der Waals surface area contributed by atoms with Crippen LogP contribution in [0.1, 0.15) is 10.4 Å². The minimum absolute atomic E-state index is 0.202. The van der Waals surface area contributed by atoms with Crippen molar-refractivity contribution in [2.75, 3.05) is 20.8 Å². The van der Waals surface area contributed by atoms with Gasteiger partial charge in [-0.2, -0.15) is 0 Å². The molecule has 0 unspecified atom stereocenters. The van der Waals surface area contributed by atoms with E-state index in [1.165, 1.54) is 20.3 Å². The zero-order valence-electron chi connectivity index (χ0n) is 10.1. The summed E-state index contributed by atoms with van der Waals surface area (Å²) in [7, 11) is 2.97. The molecular formula is C11H15N3O4. The van der Waals surface area contributed by atoms with Gasteiger partial charge in [0.2, 0.25) is 0 Å². The van der Waals surface area contributed by atoms with Crippen LogP contribution >= 0.6 is 0 Å². The van der Waals surface area contributed by atoms with Gasteiger partial charge in [0.25, 0.3) is 11.8 Å². The van der Waals surface area contributed by atoms with E-state index in [0.29, 0.717) is 17.1 Å². The molecule has 7 nitrogen and oxygen atoms in total. The Morgan fingerprint density at radius 3 is 2.39 bits per heavy atom. The van der Waals surface area contributed by atoms with Gasteiger partial charge in [-0.05, 0) is 18.2 Å². The van der Waals surface area contributed by atoms with Crippen molar-refractivity contribution in [3.05, 3.63) is 23.8 Å². The average molecular weight is 253 g/mol. The number of benzene rings is 1. The van der Waals surface area contributed by atoms with Crippen molar-refractivity contribution in [2.45, 2.75) is 0 Å². The zero-order valence-corrected chi connectivity index (χ0v) is 10.1. The molecule has 0 heterocycles. The summed E-state index contributed by atoms with van der Waals surface area (Å²) < 4.78 is 10.1. The van der Waals surface area contributed by atoms with E-state index >= 15 is 0 Å². The Kier molecular flexibility index (Phi) is 4.94. The van der Waals surface area contributed by atoms with Crippen LogP contribution in [0.3, 0.4) is 0 Å². The largest absolute Gasteiger partial charge is 0.493 e. The highest BCUT2D eigenvalue weighted by Crippen LogP contribution is 2.27. The van der Waals surface area contributed by atoms with Gasteiger partial charge in [-0.25, -0.2) is 0 Å². The fraction of sp³-hybridized carbons (Fsp3) is 0.273. The van der Waals surface area contributed by atoms with Gasteiger partial charge in [0.1, 0.15) is 0 Å². The SMILES string of the molecule is COc1ccc(C(=O)NNC(=O)CN)cc1OC. The summed E-state index contributed by atoms with van der Waals surface area (Å²) in [5.41, 5.74) is 9.79. The van der Waals surface area contributed by atoms with E-state index in [1.54, 1.807) is 12.1 Å². The fourth-order valence-electron chi connectivity index (χ4n) is 1.23.